The molecule has 0 aliphatic heterocycles. The first kappa shape index (κ1) is 9.54. The molecule has 74 valence electrons. The van der Waals surface area contributed by atoms with E-state index in [1.807, 2.05) is 29.9 Å². The van der Waals surface area contributed by atoms with E-state index in [2.05, 4.69) is 35.9 Å². The second kappa shape index (κ2) is 4.02. The van der Waals surface area contributed by atoms with Gasteiger partial charge >= 0.3 is 0 Å². The van der Waals surface area contributed by atoms with Gasteiger partial charge in [-0.15, -0.1) is 0 Å². The molecule has 2 rings (SSSR count). The molecule has 0 aliphatic carbocycles. The highest BCUT2D eigenvalue weighted by Crippen LogP contribution is 2.01. The zero-order chi connectivity index (χ0) is 10.7. The van der Waals surface area contributed by atoms with Crippen molar-refractivity contribution >= 4 is 0 Å². The van der Waals surface area contributed by atoms with Crippen molar-refractivity contribution < 1.29 is 0 Å². The summed E-state index contributed by atoms with van der Waals surface area (Å²) < 4.78 is 1.89. The standard InChI is InChI=1S/C13H12N2/c1-11-3-5-12(6-4-11)7-8-13-9-15(2)10-14-13/h3-6,9-10H,1-2H3. The number of benzene rings is 1. The largest absolute Gasteiger partial charge is 0.339 e. The fourth-order valence-electron chi connectivity index (χ4n) is 1.25. The van der Waals surface area contributed by atoms with Gasteiger partial charge in [0.25, 0.3) is 0 Å². The maximum absolute atomic E-state index is 4.14. The highest BCUT2D eigenvalue weighted by Gasteiger charge is 1.90. The Labute approximate surface area is 89.6 Å². The summed E-state index contributed by atoms with van der Waals surface area (Å²) >= 11 is 0. The quantitative estimate of drug-likeness (QED) is 0.590. The van der Waals surface area contributed by atoms with Crippen molar-refractivity contribution in [3.05, 3.63) is 53.6 Å². The maximum Gasteiger partial charge on any atom is 0.131 e. The van der Waals surface area contributed by atoms with E-state index >= 15 is 0 Å². The van der Waals surface area contributed by atoms with Gasteiger partial charge in [-0.25, -0.2) is 4.98 Å². The van der Waals surface area contributed by atoms with Crippen molar-refractivity contribution in [2.75, 3.05) is 0 Å². The average Bonchev–Trinajstić information content (AvgIpc) is 2.64. The Morgan fingerprint density at radius 3 is 2.47 bits per heavy atom. The van der Waals surface area contributed by atoms with E-state index in [9.17, 15) is 0 Å². The van der Waals surface area contributed by atoms with Crippen molar-refractivity contribution in [3.63, 3.8) is 0 Å². The zero-order valence-corrected chi connectivity index (χ0v) is 8.86. The number of hydrogen-bond donors (Lipinski definition) is 0. The molecule has 0 radical (unpaired) electrons. The molecule has 2 heteroatoms. The van der Waals surface area contributed by atoms with Crippen LogP contribution in [0.25, 0.3) is 0 Å². The van der Waals surface area contributed by atoms with Crippen LogP contribution in [-0.4, -0.2) is 9.55 Å². The van der Waals surface area contributed by atoms with E-state index < -0.39 is 0 Å². The summed E-state index contributed by atoms with van der Waals surface area (Å²) in [6.07, 6.45) is 3.65. The molecule has 0 saturated heterocycles. The maximum atomic E-state index is 4.14. The molecule has 0 fully saturated rings. The van der Waals surface area contributed by atoms with Gasteiger partial charge in [0.2, 0.25) is 0 Å². The molecule has 0 atom stereocenters. The molecule has 1 heterocycles. The Kier molecular flexibility index (Phi) is 2.55. The predicted octanol–water partition coefficient (Wildman–Crippen LogP) is 2.13. The Morgan fingerprint density at radius 1 is 1.13 bits per heavy atom. The van der Waals surface area contributed by atoms with Gasteiger partial charge in [-0.3, -0.25) is 0 Å². The van der Waals surface area contributed by atoms with E-state index in [1.165, 1.54) is 5.56 Å². The van der Waals surface area contributed by atoms with Gasteiger partial charge in [-0.1, -0.05) is 23.6 Å². The van der Waals surface area contributed by atoms with Crippen LogP contribution in [0, 0.1) is 18.8 Å². The van der Waals surface area contributed by atoms with Crippen LogP contribution < -0.4 is 0 Å². The topological polar surface area (TPSA) is 17.8 Å². The van der Waals surface area contributed by atoms with Crippen LogP contribution in [0.4, 0.5) is 0 Å². The first-order valence-corrected chi connectivity index (χ1v) is 4.81. The second-order valence-corrected chi connectivity index (χ2v) is 3.54. The molecule has 0 spiro atoms. The molecule has 2 aromatic rings. The summed E-state index contributed by atoms with van der Waals surface area (Å²) in [5.41, 5.74) is 3.07. The van der Waals surface area contributed by atoms with Gasteiger partial charge in [0.1, 0.15) is 5.69 Å². The number of nitrogens with zero attached hydrogens (tertiary/aromatic N) is 2. The van der Waals surface area contributed by atoms with Crippen molar-refractivity contribution in [2.45, 2.75) is 6.92 Å². The minimum atomic E-state index is 0.804. The summed E-state index contributed by atoms with van der Waals surface area (Å²) in [7, 11) is 1.93. The summed E-state index contributed by atoms with van der Waals surface area (Å²) in [5.74, 6) is 6.09. The SMILES string of the molecule is Cc1ccc(C#Cc2cn(C)cn2)cc1. The number of imidazole rings is 1. The Hall–Kier alpha value is -2.01. The van der Waals surface area contributed by atoms with Crippen LogP contribution in [0.5, 0.6) is 0 Å². The molecular formula is C13H12N2. The normalized spacial score (nSPS) is 9.47. The van der Waals surface area contributed by atoms with Crippen molar-refractivity contribution in [1.29, 1.82) is 0 Å². The van der Waals surface area contributed by atoms with Crippen LogP contribution in [0.2, 0.25) is 0 Å². The van der Waals surface area contributed by atoms with Gasteiger partial charge < -0.3 is 4.57 Å². The predicted molar refractivity (Wildman–Crippen MR) is 60.4 cm³/mol. The lowest BCUT2D eigenvalue weighted by Crippen LogP contribution is -1.78. The first-order chi connectivity index (χ1) is 7.24. The van der Waals surface area contributed by atoms with Crippen LogP contribution in [0.15, 0.2) is 36.8 Å². The van der Waals surface area contributed by atoms with Crippen LogP contribution in [0.1, 0.15) is 16.8 Å². The van der Waals surface area contributed by atoms with Gasteiger partial charge in [0.05, 0.1) is 6.33 Å². The minimum Gasteiger partial charge on any atom is -0.339 e. The Morgan fingerprint density at radius 2 is 1.87 bits per heavy atom. The van der Waals surface area contributed by atoms with E-state index in [1.54, 1.807) is 6.33 Å². The third kappa shape index (κ3) is 2.47. The Bertz CT molecular complexity index is 509. The summed E-state index contributed by atoms with van der Waals surface area (Å²) in [4.78, 5) is 4.14. The highest BCUT2D eigenvalue weighted by atomic mass is 15.0. The fourth-order valence-corrected chi connectivity index (χ4v) is 1.25. The molecule has 0 aliphatic rings. The van der Waals surface area contributed by atoms with Crippen molar-refractivity contribution in [3.8, 4) is 11.8 Å². The smallest absolute Gasteiger partial charge is 0.131 e. The summed E-state index contributed by atoms with van der Waals surface area (Å²) in [6.45, 7) is 2.07. The monoisotopic (exact) mass is 196 g/mol. The van der Waals surface area contributed by atoms with Gasteiger partial charge in [-0.2, -0.15) is 0 Å². The molecule has 1 aromatic heterocycles. The molecule has 1 aromatic carbocycles. The van der Waals surface area contributed by atoms with E-state index in [4.69, 9.17) is 0 Å². The molecule has 0 saturated carbocycles. The first-order valence-electron chi connectivity index (χ1n) is 4.81. The second-order valence-electron chi connectivity index (χ2n) is 3.54. The molecule has 0 bridgehead atoms. The molecular weight excluding hydrogens is 184 g/mol. The number of rotatable bonds is 0. The van der Waals surface area contributed by atoms with Crippen LogP contribution in [-0.2, 0) is 7.05 Å². The molecule has 2 nitrogen and oxygen atoms in total. The van der Waals surface area contributed by atoms with Crippen molar-refractivity contribution in [1.82, 2.24) is 9.55 Å². The molecule has 0 unspecified atom stereocenters. The average molecular weight is 196 g/mol. The minimum absolute atomic E-state index is 0.804. The van der Waals surface area contributed by atoms with E-state index in [-0.39, 0.29) is 0 Å². The lowest BCUT2D eigenvalue weighted by molar-refractivity contribution is 0.913. The lowest BCUT2D eigenvalue weighted by Gasteiger charge is -1.90. The van der Waals surface area contributed by atoms with E-state index in [0.717, 1.165) is 11.3 Å². The summed E-state index contributed by atoms with van der Waals surface area (Å²) in [6, 6.07) is 8.15. The highest BCUT2D eigenvalue weighted by molar-refractivity contribution is 5.40. The lowest BCUT2D eigenvalue weighted by atomic mass is 10.1. The molecule has 0 N–H and O–H groups in total. The van der Waals surface area contributed by atoms with Crippen LogP contribution >= 0.6 is 0 Å². The van der Waals surface area contributed by atoms with E-state index in [0.29, 0.717) is 0 Å². The molecule has 0 amide bonds. The Balaban J connectivity index is 2.22. The van der Waals surface area contributed by atoms with Crippen molar-refractivity contribution in [2.24, 2.45) is 7.05 Å². The third-order valence-electron chi connectivity index (χ3n) is 2.09. The fraction of sp³-hybridized carbons (Fsp3) is 0.154. The van der Waals surface area contributed by atoms with Gasteiger partial charge in [0, 0.05) is 18.8 Å². The number of aryl methyl sites for hydroxylation is 2. The van der Waals surface area contributed by atoms with Gasteiger partial charge in [-0.05, 0) is 25.0 Å². The summed E-state index contributed by atoms with van der Waals surface area (Å²) in [5, 5.41) is 0. The van der Waals surface area contributed by atoms with Crippen LogP contribution in [0.3, 0.4) is 0 Å². The zero-order valence-electron chi connectivity index (χ0n) is 8.86. The number of aromatic nitrogens is 2. The number of hydrogen-bond acceptors (Lipinski definition) is 1. The molecule has 15 heavy (non-hydrogen) atoms. The third-order valence-corrected chi connectivity index (χ3v) is 2.09. The van der Waals surface area contributed by atoms with Gasteiger partial charge in [0.15, 0.2) is 0 Å².